The number of ether oxygens (including phenoxy) is 1. The van der Waals surface area contributed by atoms with E-state index in [0.717, 1.165) is 13.0 Å². The normalized spacial score (nSPS) is 30.4. The molecule has 1 heterocycles. The van der Waals surface area contributed by atoms with Crippen molar-refractivity contribution in [1.29, 1.82) is 0 Å². The standard InChI is InChI=1S/C8H15NO2/c1-3-11-8(10)7-6(2)4-5-9-7/h6-7,9H,3-5H2,1-2H3. The van der Waals surface area contributed by atoms with Gasteiger partial charge in [-0.05, 0) is 25.8 Å². The zero-order chi connectivity index (χ0) is 8.27. The Morgan fingerprint density at radius 2 is 2.45 bits per heavy atom. The molecule has 0 aromatic rings. The van der Waals surface area contributed by atoms with Crippen LogP contribution in [0.2, 0.25) is 0 Å². The number of esters is 1. The average molecular weight is 157 g/mol. The van der Waals surface area contributed by atoms with Gasteiger partial charge >= 0.3 is 5.97 Å². The first-order valence-electron chi connectivity index (χ1n) is 4.15. The van der Waals surface area contributed by atoms with E-state index >= 15 is 0 Å². The highest BCUT2D eigenvalue weighted by Crippen LogP contribution is 2.15. The van der Waals surface area contributed by atoms with Crippen LogP contribution in [0.15, 0.2) is 0 Å². The first-order chi connectivity index (χ1) is 5.25. The zero-order valence-corrected chi connectivity index (χ0v) is 7.09. The Labute approximate surface area is 67.1 Å². The number of hydrogen-bond donors (Lipinski definition) is 1. The maximum atomic E-state index is 11.2. The Balaban J connectivity index is 2.39. The van der Waals surface area contributed by atoms with Crippen LogP contribution in [0.4, 0.5) is 0 Å². The van der Waals surface area contributed by atoms with Crippen LogP contribution in [0.5, 0.6) is 0 Å². The maximum Gasteiger partial charge on any atom is 0.323 e. The largest absolute Gasteiger partial charge is 0.465 e. The number of hydrogen-bond acceptors (Lipinski definition) is 3. The lowest BCUT2D eigenvalue weighted by Crippen LogP contribution is -2.36. The van der Waals surface area contributed by atoms with E-state index in [-0.39, 0.29) is 12.0 Å². The van der Waals surface area contributed by atoms with Gasteiger partial charge in [0.2, 0.25) is 0 Å². The van der Waals surface area contributed by atoms with Gasteiger partial charge in [0.25, 0.3) is 0 Å². The molecule has 0 bridgehead atoms. The minimum Gasteiger partial charge on any atom is -0.465 e. The molecule has 0 aromatic heterocycles. The van der Waals surface area contributed by atoms with Gasteiger partial charge in [-0.25, -0.2) is 0 Å². The minimum absolute atomic E-state index is 0.0602. The first-order valence-corrected chi connectivity index (χ1v) is 4.15. The molecule has 0 saturated carbocycles. The summed E-state index contributed by atoms with van der Waals surface area (Å²) in [6.07, 6.45) is 1.07. The van der Waals surface area contributed by atoms with Gasteiger partial charge in [0.05, 0.1) is 6.61 Å². The molecule has 0 radical (unpaired) electrons. The van der Waals surface area contributed by atoms with Crippen LogP contribution in [-0.4, -0.2) is 25.2 Å². The molecule has 1 aliphatic rings. The van der Waals surface area contributed by atoms with Crippen LogP contribution in [0.1, 0.15) is 20.3 Å². The monoisotopic (exact) mass is 157 g/mol. The lowest BCUT2D eigenvalue weighted by molar-refractivity contribution is -0.146. The number of carbonyl (C=O) groups is 1. The van der Waals surface area contributed by atoms with Gasteiger partial charge in [-0.2, -0.15) is 0 Å². The van der Waals surface area contributed by atoms with Crippen molar-refractivity contribution >= 4 is 5.97 Å². The summed E-state index contributed by atoms with van der Waals surface area (Å²) in [5, 5.41) is 3.12. The minimum atomic E-state index is -0.0995. The van der Waals surface area contributed by atoms with E-state index in [2.05, 4.69) is 12.2 Å². The summed E-state index contributed by atoms with van der Waals surface area (Å²) in [5.74, 6) is 0.326. The third-order valence-electron chi connectivity index (χ3n) is 2.07. The van der Waals surface area contributed by atoms with Gasteiger partial charge in [0, 0.05) is 0 Å². The second-order valence-corrected chi connectivity index (χ2v) is 2.95. The fourth-order valence-electron chi connectivity index (χ4n) is 1.38. The molecular weight excluding hydrogens is 142 g/mol. The van der Waals surface area contributed by atoms with E-state index in [1.165, 1.54) is 0 Å². The number of rotatable bonds is 2. The first kappa shape index (κ1) is 8.53. The molecule has 3 nitrogen and oxygen atoms in total. The van der Waals surface area contributed by atoms with Crippen molar-refractivity contribution < 1.29 is 9.53 Å². The van der Waals surface area contributed by atoms with E-state index in [9.17, 15) is 4.79 Å². The van der Waals surface area contributed by atoms with Crippen molar-refractivity contribution in [2.75, 3.05) is 13.2 Å². The molecule has 0 amide bonds. The van der Waals surface area contributed by atoms with Gasteiger partial charge in [-0.15, -0.1) is 0 Å². The van der Waals surface area contributed by atoms with Crippen LogP contribution in [-0.2, 0) is 9.53 Å². The highest BCUT2D eigenvalue weighted by molar-refractivity contribution is 5.76. The lowest BCUT2D eigenvalue weighted by atomic mass is 10.0. The molecule has 1 saturated heterocycles. The molecule has 2 atom stereocenters. The summed E-state index contributed by atoms with van der Waals surface area (Å²) in [5.41, 5.74) is 0. The molecule has 3 heteroatoms. The van der Waals surface area contributed by atoms with E-state index in [4.69, 9.17) is 4.74 Å². The summed E-state index contributed by atoms with van der Waals surface area (Å²) < 4.78 is 4.89. The van der Waals surface area contributed by atoms with E-state index in [0.29, 0.717) is 12.5 Å². The van der Waals surface area contributed by atoms with Crippen LogP contribution < -0.4 is 5.32 Å². The van der Waals surface area contributed by atoms with Crippen molar-refractivity contribution in [3.05, 3.63) is 0 Å². The Morgan fingerprint density at radius 3 is 2.91 bits per heavy atom. The van der Waals surface area contributed by atoms with Crippen LogP contribution in [0, 0.1) is 5.92 Å². The fourth-order valence-corrected chi connectivity index (χ4v) is 1.38. The smallest absolute Gasteiger partial charge is 0.323 e. The number of carbonyl (C=O) groups excluding carboxylic acids is 1. The molecular formula is C8H15NO2. The van der Waals surface area contributed by atoms with Gasteiger partial charge in [0.15, 0.2) is 0 Å². The molecule has 0 aromatic carbocycles. The van der Waals surface area contributed by atoms with E-state index in [1.54, 1.807) is 0 Å². The molecule has 1 N–H and O–H groups in total. The summed E-state index contributed by atoms with van der Waals surface area (Å²) in [6, 6.07) is -0.0602. The van der Waals surface area contributed by atoms with Crippen LogP contribution in [0.3, 0.4) is 0 Å². The highest BCUT2D eigenvalue weighted by Gasteiger charge is 2.29. The van der Waals surface area contributed by atoms with Gasteiger partial charge in [0.1, 0.15) is 6.04 Å². The van der Waals surface area contributed by atoms with Crippen molar-refractivity contribution in [3.8, 4) is 0 Å². The Bertz CT molecular complexity index is 147. The molecule has 64 valence electrons. The lowest BCUT2D eigenvalue weighted by Gasteiger charge is -2.12. The van der Waals surface area contributed by atoms with E-state index < -0.39 is 0 Å². The van der Waals surface area contributed by atoms with Crippen molar-refractivity contribution in [2.24, 2.45) is 5.92 Å². The molecule has 1 fully saturated rings. The maximum absolute atomic E-state index is 11.2. The third kappa shape index (κ3) is 1.93. The van der Waals surface area contributed by atoms with Crippen molar-refractivity contribution in [2.45, 2.75) is 26.3 Å². The van der Waals surface area contributed by atoms with Gasteiger partial charge < -0.3 is 10.1 Å². The van der Waals surface area contributed by atoms with Crippen molar-refractivity contribution in [3.63, 3.8) is 0 Å². The molecule has 1 aliphatic heterocycles. The SMILES string of the molecule is CCOC(=O)C1NCCC1C. The quantitative estimate of drug-likeness (QED) is 0.595. The molecule has 2 unspecified atom stereocenters. The second-order valence-electron chi connectivity index (χ2n) is 2.95. The Kier molecular flexibility index (Phi) is 2.88. The third-order valence-corrected chi connectivity index (χ3v) is 2.07. The van der Waals surface area contributed by atoms with Crippen molar-refractivity contribution in [1.82, 2.24) is 5.32 Å². The highest BCUT2D eigenvalue weighted by atomic mass is 16.5. The summed E-state index contributed by atoms with van der Waals surface area (Å²) in [6.45, 7) is 5.31. The summed E-state index contributed by atoms with van der Waals surface area (Å²) in [4.78, 5) is 11.2. The zero-order valence-electron chi connectivity index (χ0n) is 7.09. The van der Waals surface area contributed by atoms with Gasteiger partial charge in [-0.1, -0.05) is 6.92 Å². The predicted molar refractivity (Wildman–Crippen MR) is 42.2 cm³/mol. The summed E-state index contributed by atoms with van der Waals surface area (Å²) >= 11 is 0. The Morgan fingerprint density at radius 1 is 1.73 bits per heavy atom. The molecule has 11 heavy (non-hydrogen) atoms. The predicted octanol–water partition coefficient (Wildman–Crippen LogP) is 0.547. The number of nitrogens with one attached hydrogen (secondary N) is 1. The molecule has 0 spiro atoms. The molecule has 1 rings (SSSR count). The summed E-state index contributed by atoms with van der Waals surface area (Å²) in [7, 11) is 0. The van der Waals surface area contributed by atoms with E-state index in [1.807, 2.05) is 6.92 Å². The second kappa shape index (κ2) is 3.72. The topological polar surface area (TPSA) is 38.3 Å². The van der Waals surface area contributed by atoms with Gasteiger partial charge in [-0.3, -0.25) is 4.79 Å². The molecule has 0 aliphatic carbocycles. The van der Waals surface area contributed by atoms with Crippen LogP contribution in [0.25, 0.3) is 0 Å². The Hall–Kier alpha value is -0.570. The van der Waals surface area contributed by atoms with Crippen LogP contribution >= 0.6 is 0 Å². The fraction of sp³-hybridized carbons (Fsp3) is 0.875. The average Bonchev–Trinajstić information content (AvgIpc) is 2.36.